The minimum absolute atomic E-state index is 0.0747. The number of carbonyl (C=O) groups is 1. The van der Waals surface area contributed by atoms with Crippen molar-refractivity contribution in [1.82, 2.24) is 4.72 Å². The molecule has 0 saturated carbocycles. The molecule has 1 aromatic carbocycles. The van der Waals surface area contributed by atoms with E-state index in [9.17, 15) is 13.2 Å². The van der Waals surface area contributed by atoms with Crippen LogP contribution >= 0.6 is 0 Å². The van der Waals surface area contributed by atoms with Crippen LogP contribution in [0.5, 0.6) is 0 Å². The fraction of sp³-hybridized carbons (Fsp3) is 0.500. The first-order valence-corrected chi connectivity index (χ1v) is 8.83. The number of ether oxygens (including phenoxy) is 1. The average molecular weight is 338 g/mol. The average Bonchev–Trinajstić information content (AvgIpc) is 2.46. The summed E-state index contributed by atoms with van der Waals surface area (Å²) in [4.78, 5) is 12.2. The van der Waals surface area contributed by atoms with Crippen molar-refractivity contribution in [3.63, 3.8) is 0 Å². The molecule has 0 saturated heterocycles. The number of aryl methyl sites for hydroxylation is 1. The van der Waals surface area contributed by atoms with Crippen molar-refractivity contribution in [2.24, 2.45) is 5.92 Å². The first kappa shape index (κ1) is 19.1. The van der Waals surface area contributed by atoms with Gasteiger partial charge in [-0.2, -0.15) is 9.98 Å². The zero-order valence-corrected chi connectivity index (χ0v) is 14.6. The minimum atomic E-state index is -3.84. The quantitative estimate of drug-likeness (QED) is 0.768. The second-order valence-corrected chi connectivity index (χ2v) is 7.54. The van der Waals surface area contributed by atoms with Crippen molar-refractivity contribution < 1.29 is 17.9 Å². The Hall–Kier alpha value is -1.91. The largest absolute Gasteiger partial charge is 0.446 e. The number of carbonyl (C=O) groups excluding carboxylic acids is 1. The minimum Gasteiger partial charge on any atom is -0.446 e. The van der Waals surface area contributed by atoms with Gasteiger partial charge in [0.25, 0.3) is 0 Å². The Morgan fingerprint density at radius 1 is 1.26 bits per heavy atom. The topological polar surface area (TPSA) is 96.3 Å². The second kappa shape index (κ2) is 8.09. The molecule has 23 heavy (non-hydrogen) atoms. The normalized spacial score (nSPS) is 14.1. The SMILES string of the molecule is Cc1ccc(S(=O)(=O)N[C@@H](CC(C)C)C(=O)O[C@@H](C)C#N)cc1. The van der Waals surface area contributed by atoms with Crippen molar-refractivity contribution in [3.8, 4) is 6.07 Å². The monoisotopic (exact) mass is 338 g/mol. The fourth-order valence-electron chi connectivity index (χ4n) is 1.92. The smallest absolute Gasteiger partial charge is 0.325 e. The Balaban J connectivity index is 2.97. The van der Waals surface area contributed by atoms with Gasteiger partial charge in [-0.1, -0.05) is 31.5 Å². The third-order valence-corrected chi connectivity index (χ3v) is 4.58. The molecule has 0 aromatic heterocycles. The summed E-state index contributed by atoms with van der Waals surface area (Å²) in [5.41, 5.74) is 0.935. The molecule has 1 N–H and O–H groups in total. The highest BCUT2D eigenvalue weighted by molar-refractivity contribution is 7.89. The first-order chi connectivity index (χ1) is 10.7. The van der Waals surface area contributed by atoms with Crippen molar-refractivity contribution in [2.75, 3.05) is 0 Å². The molecule has 126 valence electrons. The van der Waals surface area contributed by atoms with Crippen LogP contribution in [0.3, 0.4) is 0 Å². The van der Waals surface area contributed by atoms with E-state index in [1.807, 2.05) is 20.8 Å². The molecule has 0 radical (unpaired) electrons. The number of benzene rings is 1. The Kier molecular flexibility index (Phi) is 6.73. The van der Waals surface area contributed by atoms with E-state index in [1.54, 1.807) is 18.2 Å². The lowest BCUT2D eigenvalue weighted by molar-refractivity contribution is -0.148. The van der Waals surface area contributed by atoms with Gasteiger partial charge in [-0.15, -0.1) is 0 Å². The van der Waals surface area contributed by atoms with Gasteiger partial charge in [0.2, 0.25) is 10.0 Å². The van der Waals surface area contributed by atoms with Crippen LogP contribution in [0.25, 0.3) is 0 Å². The van der Waals surface area contributed by atoms with Crippen LogP contribution in [-0.2, 0) is 19.6 Å². The zero-order valence-electron chi connectivity index (χ0n) is 13.7. The maximum Gasteiger partial charge on any atom is 0.325 e. The van der Waals surface area contributed by atoms with Crippen LogP contribution in [0, 0.1) is 24.2 Å². The summed E-state index contributed by atoms with van der Waals surface area (Å²) >= 11 is 0. The van der Waals surface area contributed by atoms with Crippen LogP contribution in [-0.4, -0.2) is 26.5 Å². The number of nitriles is 1. The summed E-state index contributed by atoms with van der Waals surface area (Å²) in [6.07, 6.45) is -0.650. The molecular weight excluding hydrogens is 316 g/mol. The third kappa shape index (κ3) is 6.00. The zero-order chi connectivity index (χ0) is 17.6. The molecule has 1 rings (SSSR count). The van der Waals surface area contributed by atoms with Gasteiger partial charge in [-0.25, -0.2) is 8.42 Å². The van der Waals surface area contributed by atoms with Crippen LogP contribution in [0.4, 0.5) is 0 Å². The predicted octanol–water partition coefficient (Wildman–Crippen LogP) is 2.14. The maximum absolute atomic E-state index is 12.4. The van der Waals surface area contributed by atoms with Crippen LogP contribution < -0.4 is 4.72 Å². The highest BCUT2D eigenvalue weighted by atomic mass is 32.2. The lowest BCUT2D eigenvalue weighted by Crippen LogP contribution is -2.43. The van der Waals surface area contributed by atoms with Crippen LogP contribution in [0.15, 0.2) is 29.2 Å². The van der Waals surface area contributed by atoms with E-state index in [2.05, 4.69) is 4.72 Å². The Labute approximate surface area is 137 Å². The summed E-state index contributed by atoms with van der Waals surface area (Å²) in [6.45, 7) is 7.02. The van der Waals surface area contributed by atoms with Gasteiger partial charge in [-0.3, -0.25) is 4.79 Å². The van der Waals surface area contributed by atoms with Gasteiger partial charge in [0.05, 0.1) is 4.90 Å². The fourth-order valence-corrected chi connectivity index (χ4v) is 3.12. The number of sulfonamides is 1. The number of nitrogens with one attached hydrogen (secondary N) is 1. The molecule has 6 nitrogen and oxygen atoms in total. The van der Waals surface area contributed by atoms with Gasteiger partial charge in [0.15, 0.2) is 6.10 Å². The molecule has 0 aliphatic carbocycles. The lowest BCUT2D eigenvalue weighted by atomic mass is 10.0. The number of nitrogens with zero attached hydrogens (tertiary/aromatic N) is 1. The molecule has 0 aliphatic heterocycles. The van der Waals surface area contributed by atoms with E-state index in [1.165, 1.54) is 19.1 Å². The van der Waals surface area contributed by atoms with E-state index < -0.39 is 28.1 Å². The number of esters is 1. The lowest BCUT2D eigenvalue weighted by Gasteiger charge is -2.20. The maximum atomic E-state index is 12.4. The van der Waals surface area contributed by atoms with Gasteiger partial charge < -0.3 is 4.74 Å². The van der Waals surface area contributed by atoms with E-state index in [-0.39, 0.29) is 17.2 Å². The standard InChI is InChI=1S/C16H22N2O4S/c1-11(2)9-15(16(19)22-13(4)10-17)18-23(20,21)14-7-5-12(3)6-8-14/h5-8,11,13,15,18H,9H2,1-4H3/t13-,15-/m0/s1. The molecule has 0 bridgehead atoms. The van der Waals surface area contributed by atoms with Crippen LogP contribution in [0.2, 0.25) is 0 Å². The second-order valence-electron chi connectivity index (χ2n) is 5.82. The Bertz CT molecular complexity index is 675. The van der Waals surface area contributed by atoms with Gasteiger partial charge in [-0.05, 0) is 38.3 Å². The molecule has 0 amide bonds. The van der Waals surface area contributed by atoms with Crippen molar-refractivity contribution in [1.29, 1.82) is 5.26 Å². The molecular formula is C16H22N2O4S. The van der Waals surface area contributed by atoms with Gasteiger partial charge in [0.1, 0.15) is 12.1 Å². The molecule has 0 heterocycles. The predicted molar refractivity (Wildman–Crippen MR) is 85.9 cm³/mol. The Morgan fingerprint density at radius 2 is 1.83 bits per heavy atom. The molecule has 0 unspecified atom stereocenters. The van der Waals surface area contributed by atoms with E-state index >= 15 is 0 Å². The third-order valence-electron chi connectivity index (χ3n) is 3.10. The number of rotatable bonds is 7. The molecule has 0 aliphatic rings. The van der Waals surface area contributed by atoms with Crippen molar-refractivity contribution in [3.05, 3.63) is 29.8 Å². The molecule has 0 fully saturated rings. The molecule has 1 aromatic rings. The Morgan fingerprint density at radius 3 is 2.30 bits per heavy atom. The van der Waals surface area contributed by atoms with Crippen LogP contribution in [0.1, 0.15) is 32.8 Å². The number of hydrogen-bond donors (Lipinski definition) is 1. The van der Waals surface area contributed by atoms with E-state index in [0.717, 1.165) is 5.56 Å². The molecule has 2 atom stereocenters. The van der Waals surface area contributed by atoms with Crippen molar-refractivity contribution >= 4 is 16.0 Å². The summed E-state index contributed by atoms with van der Waals surface area (Å²) in [7, 11) is -3.84. The summed E-state index contributed by atoms with van der Waals surface area (Å²) in [5.74, 6) is -0.672. The first-order valence-electron chi connectivity index (χ1n) is 7.35. The van der Waals surface area contributed by atoms with E-state index in [0.29, 0.717) is 0 Å². The highest BCUT2D eigenvalue weighted by Gasteiger charge is 2.28. The molecule has 0 spiro atoms. The highest BCUT2D eigenvalue weighted by Crippen LogP contribution is 2.14. The summed E-state index contributed by atoms with van der Waals surface area (Å²) in [5, 5.41) is 8.72. The van der Waals surface area contributed by atoms with E-state index in [4.69, 9.17) is 10.00 Å². The number of hydrogen-bond acceptors (Lipinski definition) is 5. The van der Waals surface area contributed by atoms with Gasteiger partial charge in [0, 0.05) is 0 Å². The molecule has 7 heteroatoms. The van der Waals surface area contributed by atoms with Crippen molar-refractivity contribution in [2.45, 2.75) is 51.2 Å². The van der Waals surface area contributed by atoms with Gasteiger partial charge >= 0.3 is 5.97 Å². The summed E-state index contributed by atoms with van der Waals surface area (Å²) in [6, 6.07) is 7.08. The summed E-state index contributed by atoms with van der Waals surface area (Å²) < 4.78 is 32.1.